The Kier molecular flexibility index (Phi) is 16.5. The predicted molar refractivity (Wildman–Crippen MR) is 86.0 cm³/mol. The van der Waals surface area contributed by atoms with Crippen LogP contribution in [0.2, 0.25) is 0 Å². The van der Waals surface area contributed by atoms with Crippen molar-refractivity contribution in [2.75, 3.05) is 24.6 Å². The molecule has 0 unspecified atom stereocenters. The Labute approximate surface area is 123 Å². The van der Waals surface area contributed by atoms with E-state index < -0.39 is 7.26 Å². The van der Waals surface area contributed by atoms with E-state index in [0.29, 0.717) is 0 Å². The highest BCUT2D eigenvalue weighted by atomic mass is 35.5. The number of hydrogen-bond acceptors (Lipinski definition) is 0. The summed E-state index contributed by atoms with van der Waals surface area (Å²) < 4.78 is 0. The van der Waals surface area contributed by atoms with E-state index in [1.807, 2.05) is 0 Å². The van der Waals surface area contributed by atoms with Crippen LogP contribution in [0.4, 0.5) is 0 Å². The third kappa shape index (κ3) is 9.62. The van der Waals surface area contributed by atoms with E-state index in [2.05, 4.69) is 27.7 Å². The van der Waals surface area contributed by atoms with Crippen LogP contribution in [0, 0.1) is 0 Å². The summed E-state index contributed by atoms with van der Waals surface area (Å²) in [5.74, 6) is 0. The summed E-state index contributed by atoms with van der Waals surface area (Å²) >= 11 is 0. The SMILES string of the molecule is CCCC[P+](CCCC)(CCCC)CCCC.[Cl-]. The van der Waals surface area contributed by atoms with Crippen molar-refractivity contribution >= 4 is 7.26 Å². The average Bonchev–Trinajstić information content (AvgIpc) is 2.37. The first-order valence-corrected chi connectivity index (χ1v) is 10.6. The molecule has 0 atom stereocenters. The molecule has 0 aromatic carbocycles. The molecule has 0 saturated carbocycles. The molecular weight excluding hydrogens is 259 g/mol. The lowest BCUT2D eigenvalue weighted by Crippen LogP contribution is -3.00. The Morgan fingerprint density at radius 1 is 0.500 bits per heavy atom. The fraction of sp³-hybridized carbons (Fsp3) is 1.00. The molecule has 0 aliphatic rings. The molecule has 112 valence electrons. The summed E-state index contributed by atoms with van der Waals surface area (Å²) in [5.41, 5.74) is 0. The lowest BCUT2D eigenvalue weighted by atomic mass is 10.4. The monoisotopic (exact) mass is 294 g/mol. The van der Waals surface area contributed by atoms with Crippen LogP contribution in [-0.2, 0) is 0 Å². The third-order valence-corrected chi connectivity index (χ3v) is 9.00. The van der Waals surface area contributed by atoms with E-state index >= 15 is 0 Å². The van der Waals surface area contributed by atoms with Crippen LogP contribution in [0.15, 0.2) is 0 Å². The summed E-state index contributed by atoms with van der Waals surface area (Å²) in [6.45, 7) is 9.42. The minimum absolute atomic E-state index is 0. The lowest BCUT2D eigenvalue weighted by Gasteiger charge is -2.28. The second-order valence-electron chi connectivity index (χ2n) is 5.65. The van der Waals surface area contributed by atoms with Gasteiger partial charge in [-0.05, 0) is 25.7 Å². The van der Waals surface area contributed by atoms with E-state index in [-0.39, 0.29) is 12.4 Å². The molecule has 0 nitrogen and oxygen atoms in total. The molecule has 0 radical (unpaired) electrons. The summed E-state index contributed by atoms with van der Waals surface area (Å²) in [5, 5.41) is 0. The number of rotatable bonds is 12. The molecule has 2 heteroatoms. The lowest BCUT2D eigenvalue weighted by molar-refractivity contribution is -0.00000402. The molecule has 0 aromatic heterocycles. The molecule has 0 aromatic rings. The highest BCUT2D eigenvalue weighted by molar-refractivity contribution is 7.75. The van der Waals surface area contributed by atoms with Crippen molar-refractivity contribution in [1.29, 1.82) is 0 Å². The zero-order valence-corrected chi connectivity index (χ0v) is 15.0. The van der Waals surface area contributed by atoms with Crippen molar-refractivity contribution in [3.8, 4) is 0 Å². The highest BCUT2D eigenvalue weighted by Crippen LogP contribution is 2.61. The van der Waals surface area contributed by atoms with Crippen molar-refractivity contribution < 1.29 is 12.4 Å². The van der Waals surface area contributed by atoms with Gasteiger partial charge in [-0.25, -0.2) is 0 Å². The topological polar surface area (TPSA) is 0 Å². The molecule has 0 amide bonds. The summed E-state index contributed by atoms with van der Waals surface area (Å²) in [6, 6.07) is 0. The molecular formula is C16H36ClP. The molecule has 0 N–H and O–H groups in total. The van der Waals surface area contributed by atoms with Gasteiger partial charge in [0.15, 0.2) is 0 Å². The number of unbranched alkanes of at least 4 members (excludes halogenated alkanes) is 4. The molecule has 0 fully saturated rings. The Morgan fingerprint density at radius 2 is 0.722 bits per heavy atom. The van der Waals surface area contributed by atoms with Gasteiger partial charge in [-0.15, -0.1) is 0 Å². The molecule has 0 rings (SSSR count). The van der Waals surface area contributed by atoms with Gasteiger partial charge in [0.25, 0.3) is 0 Å². The van der Waals surface area contributed by atoms with Gasteiger partial charge in [0.05, 0.1) is 24.6 Å². The van der Waals surface area contributed by atoms with Crippen LogP contribution in [0.5, 0.6) is 0 Å². The standard InChI is InChI=1S/C16H36P.ClH/c1-5-9-13-17(14-10-6-2,15-11-7-3)16-12-8-4;/h5-16H2,1-4H3;1H/q+1;/p-1. The maximum atomic E-state index is 2.36. The molecule has 0 bridgehead atoms. The van der Waals surface area contributed by atoms with Gasteiger partial charge in [0.2, 0.25) is 0 Å². The van der Waals surface area contributed by atoms with Crippen molar-refractivity contribution in [2.45, 2.75) is 79.1 Å². The van der Waals surface area contributed by atoms with Gasteiger partial charge < -0.3 is 12.4 Å². The van der Waals surface area contributed by atoms with Crippen LogP contribution in [0.25, 0.3) is 0 Å². The maximum absolute atomic E-state index is 2.36. The minimum Gasteiger partial charge on any atom is -1.00 e. The highest BCUT2D eigenvalue weighted by Gasteiger charge is 2.34. The van der Waals surface area contributed by atoms with Gasteiger partial charge in [-0.1, -0.05) is 53.4 Å². The van der Waals surface area contributed by atoms with E-state index in [4.69, 9.17) is 0 Å². The summed E-state index contributed by atoms with van der Waals surface area (Å²) in [7, 11) is -0.562. The third-order valence-electron chi connectivity index (χ3n) is 3.94. The van der Waals surface area contributed by atoms with Crippen LogP contribution in [-0.4, -0.2) is 24.6 Å². The van der Waals surface area contributed by atoms with Gasteiger partial charge in [0, 0.05) is 7.26 Å². The first-order valence-electron chi connectivity index (χ1n) is 8.09. The Hall–Kier alpha value is 0.720. The fourth-order valence-electron chi connectivity index (χ4n) is 2.64. The second kappa shape index (κ2) is 14.1. The van der Waals surface area contributed by atoms with Crippen LogP contribution < -0.4 is 12.4 Å². The largest absolute Gasteiger partial charge is 1.00 e. The normalized spacial score (nSPS) is 11.3. The Morgan fingerprint density at radius 3 is 0.889 bits per heavy atom. The van der Waals surface area contributed by atoms with Crippen LogP contribution in [0.1, 0.15) is 79.1 Å². The van der Waals surface area contributed by atoms with Gasteiger partial charge in [-0.2, -0.15) is 0 Å². The molecule has 0 aliphatic heterocycles. The van der Waals surface area contributed by atoms with Crippen molar-refractivity contribution in [1.82, 2.24) is 0 Å². The first-order chi connectivity index (χ1) is 8.24. The van der Waals surface area contributed by atoms with Crippen molar-refractivity contribution in [3.63, 3.8) is 0 Å². The van der Waals surface area contributed by atoms with Gasteiger partial charge >= 0.3 is 0 Å². The first kappa shape index (κ1) is 21.0. The Bertz CT molecular complexity index is 122. The average molecular weight is 295 g/mol. The quantitative estimate of drug-likeness (QED) is 0.485. The second-order valence-corrected chi connectivity index (χ2v) is 10.1. The van der Waals surface area contributed by atoms with Crippen molar-refractivity contribution in [2.24, 2.45) is 0 Å². The smallest absolute Gasteiger partial charge is 0.0594 e. The number of hydrogen-bond donors (Lipinski definition) is 0. The van der Waals surface area contributed by atoms with Crippen LogP contribution >= 0.6 is 7.26 Å². The van der Waals surface area contributed by atoms with E-state index in [9.17, 15) is 0 Å². The molecule has 0 heterocycles. The molecule has 0 saturated heterocycles. The van der Waals surface area contributed by atoms with E-state index in [0.717, 1.165) is 0 Å². The van der Waals surface area contributed by atoms with Gasteiger partial charge in [-0.3, -0.25) is 0 Å². The zero-order chi connectivity index (χ0) is 13.0. The van der Waals surface area contributed by atoms with Gasteiger partial charge in [0.1, 0.15) is 0 Å². The molecule has 18 heavy (non-hydrogen) atoms. The molecule has 0 aliphatic carbocycles. The Balaban J connectivity index is 0. The summed E-state index contributed by atoms with van der Waals surface area (Å²) in [6.07, 6.45) is 17.9. The fourth-order valence-corrected chi connectivity index (χ4v) is 7.93. The van der Waals surface area contributed by atoms with E-state index in [1.165, 1.54) is 51.4 Å². The molecule has 0 spiro atoms. The minimum atomic E-state index is -0.562. The summed E-state index contributed by atoms with van der Waals surface area (Å²) in [4.78, 5) is 0. The predicted octanol–water partition coefficient (Wildman–Crippen LogP) is 3.21. The maximum Gasteiger partial charge on any atom is 0.0594 e. The van der Waals surface area contributed by atoms with Crippen LogP contribution in [0.3, 0.4) is 0 Å². The van der Waals surface area contributed by atoms with E-state index in [1.54, 1.807) is 24.6 Å². The zero-order valence-electron chi connectivity index (χ0n) is 13.3. The van der Waals surface area contributed by atoms with Crippen molar-refractivity contribution in [3.05, 3.63) is 0 Å². The number of halogens is 1.